The fourth-order valence-corrected chi connectivity index (χ4v) is 2.10. The van der Waals surface area contributed by atoms with Gasteiger partial charge in [0.25, 0.3) is 5.91 Å². The number of H-pyrrole nitrogens is 1. The molecule has 1 fully saturated rings. The molecule has 0 spiro atoms. The first kappa shape index (κ1) is 11.8. The molecule has 4 nitrogen and oxygen atoms in total. The quantitative estimate of drug-likeness (QED) is 0.811. The van der Waals surface area contributed by atoms with Crippen molar-refractivity contribution in [3.05, 3.63) is 21.9 Å². The van der Waals surface area contributed by atoms with Gasteiger partial charge in [-0.25, -0.2) is 0 Å². The number of hydrogen-bond acceptors (Lipinski definition) is 2. The van der Waals surface area contributed by atoms with Crippen LogP contribution in [-0.2, 0) is 0 Å². The van der Waals surface area contributed by atoms with Crippen molar-refractivity contribution in [3.63, 3.8) is 0 Å². The maximum atomic E-state index is 12.0. The first-order valence-corrected chi connectivity index (χ1v) is 5.92. The Balaban J connectivity index is 2.07. The van der Waals surface area contributed by atoms with Gasteiger partial charge in [0.2, 0.25) is 0 Å². The summed E-state index contributed by atoms with van der Waals surface area (Å²) < 4.78 is 0. The van der Waals surface area contributed by atoms with Crippen LogP contribution >= 0.6 is 23.2 Å². The van der Waals surface area contributed by atoms with Gasteiger partial charge >= 0.3 is 0 Å². The van der Waals surface area contributed by atoms with E-state index in [0.29, 0.717) is 29.0 Å². The van der Waals surface area contributed by atoms with Crippen molar-refractivity contribution < 1.29 is 4.79 Å². The van der Waals surface area contributed by atoms with E-state index in [1.54, 1.807) is 11.0 Å². The normalized spacial score (nSPS) is 17.8. The van der Waals surface area contributed by atoms with Crippen LogP contribution in [0.5, 0.6) is 0 Å². The Morgan fingerprint density at radius 1 is 1.44 bits per heavy atom. The zero-order valence-electron chi connectivity index (χ0n) is 8.67. The van der Waals surface area contributed by atoms with Crippen LogP contribution < -0.4 is 5.73 Å². The molecule has 6 heteroatoms. The van der Waals surface area contributed by atoms with E-state index >= 15 is 0 Å². The fraction of sp³-hybridized carbons (Fsp3) is 0.500. The summed E-state index contributed by atoms with van der Waals surface area (Å²) >= 11 is 11.5. The minimum atomic E-state index is -0.0688. The average molecular weight is 262 g/mol. The molecule has 1 aliphatic heterocycles. The smallest absolute Gasteiger partial charge is 0.270 e. The van der Waals surface area contributed by atoms with E-state index < -0.39 is 0 Å². The molecule has 1 amide bonds. The standard InChI is InChI=1S/C10H13Cl2N3O/c11-7-5-8(14-9(7)12)10(16)15-3-1-6(13)2-4-15/h5-6,14H,1-4,13H2. The number of amides is 1. The Labute approximate surface area is 104 Å². The van der Waals surface area contributed by atoms with Crippen molar-refractivity contribution in [2.75, 3.05) is 13.1 Å². The number of nitrogens with zero attached hydrogens (tertiary/aromatic N) is 1. The second kappa shape index (κ2) is 4.65. The summed E-state index contributed by atoms with van der Waals surface area (Å²) in [6.45, 7) is 1.38. The van der Waals surface area contributed by atoms with Gasteiger partial charge in [0.05, 0.1) is 5.02 Å². The lowest BCUT2D eigenvalue weighted by Crippen LogP contribution is -2.42. The van der Waals surface area contributed by atoms with Gasteiger partial charge in [-0.15, -0.1) is 0 Å². The summed E-state index contributed by atoms with van der Waals surface area (Å²) in [5, 5.41) is 0.678. The fourth-order valence-electron chi connectivity index (χ4n) is 1.79. The van der Waals surface area contributed by atoms with Crippen LogP contribution in [-0.4, -0.2) is 34.9 Å². The van der Waals surface area contributed by atoms with Crippen molar-refractivity contribution in [1.82, 2.24) is 9.88 Å². The molecular formula is C10H13Cl2N3O. The lowest BCUT2D eigenvalue weighted by atomic mass is 10.1. The number of nitrogens with one attached hydrogen (secondary N) is 1. The van der Waals surface area contributed by atoms with Gasteiger partial charge in [-0.1, -0.05) is 23.2 Å². The van der Waals surface area contributed by atoms with E-state index in [1.807, 2.05) is 0 Å². The van der Waals surface area contributed by atoms with Crippen molar-refractivity contribution in [1.29, 1.82) is 0 Å². The summed E-state index contributed by atoms with van der Waals surface area (Å²) in [5.41, 5.74) is 6.21. The second-order valence-corrected chi connectivity index (χ2v) is 4.76. The average Bonchev–Trinajstić information content (AvgIpc) is 2.59. The number of aromatic nitrogens is 1. The number of hydrogen-bond donors (Lipinski definition) is 2. The topological polar surface area (TPSA) is 62.1 Å². The summed E-state index contributed by atoms with van der Waals surface area (Å²) in [7, 11) is 0. The van der Waals surface area contributed by atoms with Crippen molar-refractivity contribution in [3.8, 4) is 0 Å². The molecule has 0 bridgehead atoms. The third-order valence-corrected chi connectivity index (χ3v) is 3.48. The van der Waals surface area contributed by atoms with Crippen molar-refractivity contribution in [2.45, 2.75) is 18.9 Å². The molecule has 3 N–H and O–H groups in total. The van der Waals surface area contributed by atoms with Gasteiger partial charge in [0.1, 0.15) is 10.8 Å². The monoisotopic (exact) mass is 261 g/mol. The Morgan fingerprint density at radius 3 is 2.56 bits per heavy atom. The highest BCUT2D eigenvalue weighted by atomic mass is 35.5. The number of halogens is 2. The van der Waals surface area contributed by atoms with Crippen molar-refractivity contribution >= 4 is 29.1 Å². The Morgan fingerprint density at radius 2 is 2.06 bits per heavy atom. The number of rotatable bonds is 1. The zero-order valence-corrected chi connectivity index (χ0v) is 10.2. The molecule has 0 radical (unpaired) electrons. The summed E-state index contributed by atoms with van der Waals surface area (Å²) in [6.07, 6.45) is 1.68. The molecule has 0 aromatic carbocycles. The zero-order chi connectivity index (χ0) is 11.7. The predicted molar refractivity (Wildman–Crippen MR) is 63.9 cm³/mol. The van der Waals surface area contributed by atoms with E-state index in [0.717, 1.165) is 12.8 Å². The maximum absolute atomic E-state index is 12.0. The highest BCUT2D eigenvalue weighted by molar-refractivity contribution is 6.41. The van der Waals surface area contributed by atoms with Gasteiger partial charge in [0.15, 0.2) is 0 Å². The third-order valence-electron chi connectivity index (χ3n) is 2.78. The number of carbonyl (C=O) groups excluding carboxylic acids is 1. The minimum absolute atomic E-state index is 0.0688. The molecule has 2 heterocycles. The predicted octanol–water partition coefficient (Wildman–Crippen LogP) is 1.88. The molecule has 1 saturated heterocycles. The van der Waals surface area contributed by atoms with Gasteiger partial charge in [-0.05, 0) is 18.9 Å². The number of nitrogens with two attached hydrogens (primary N) is 1. The number of carbonyl (C=O) groups is 1. The van der Waals surface area contributed by atoms with Crippen LogP contribution in [0.1, 0.15) is 23.3 Å². The maximum Gasteiger partial charge on any atom is 0.270 e. The molecule has 1 aromatic rings. The molecule has 0 aliphatic carbocycles. The summed E-state index contributed by atoms with van der Waals surface area (Å²) in [6, 6.07) is 1.76. The molecule has 2 rings (SSSR count). The Hall–Kier alpha value is -0.710. The van der Waals surface area contributed by atoms with Crippen LogP contribution in [0, 0.1) is 0 Å². The molecule has 1 aromatic heterocycles. The molecular weight excluding hydrogens is 249 g/mol. The molecule has 1 aliphatic rings. The van der Waals surface area contributed by atoms with Gasteiger partial charge < -0.3 is 15.6 Å². The minimum Gasteiger partial charge on any atom is -0.340 e. The number of piperidine rings is 1. The molecule has 0 unspecified atom stereocenters. The van der Waals surface area contributed by atoms with Crippen LogP contribution in [0.25, 0.3) is 0 Å². The van der Waals surface area contributed by atoms with Gasteiger partial charge in [0, 0.05) is 19.1 Å². The second-order valence-electron chi connectivity index (χ2n) is 3.97. The molecule has 88 valence electrons. The van der Waals surface area contributed by atoms with E-state index in [4.69, 9.17) is 28.9 Å². The van der Waals surface area contributed by atoms with E-state index in [2.05, 4.69) is 4.98 Å². The van der Waals surface area contributed by atoms with Crippen LogP contribution in [0.15, 0.2) is 6.07 Å². The highest BCUT2D eigenvalue weighted by Crippen LogP contribution is 2.23. The molecule has 0 saturated carbocycles. The lowest BCUT2D eigenvalue weighted by Gasteiger charge is -2.29. The van der Waals surface area contributed by atoms with Crippen molar-refractivity contribution in [2.24, 2.45) is 5.73 Å². The van der Waals surface area contributed by atoms with E-state index in [-0.39, 0.29) is 11.9 Å². The summed E-state index contributed by atoms with van der Waals surface area (Å²) in [5.74, 6) is -0.0688. The third kappa shape index (κ3) is 2.34. The van der Waals surface area contributed by atoms with E-state index in [1.165, 1.54) is 0 Å². The Kier molecular flexibility index (Phi) is 3.42. The molecule has 16 heavy (non-hydrogen) atoms. The largest absolute Gasteiger partial charge is 0.340 e. The lowest BCUT2D eigenvalue weighted by molar-refractivity contribution is 0.0709. The summed E-state index contributed by atoms with van der Waals surface area (Å²) in [4.78, 5) is 16.5. The first-order valence-electron chi connectivity index (χ1n) is 5.17. The van der Waals surface area contributed by atoms with Crippen LogP contribution in [0.2, 0.25) is 10.2 Å². The van der Waals surface area contributed by atoms with Crippen LogP contribution in [0.4, 0.5) is 0 Å². The number of aromatic amines is 1. The SMILES string of the molecule is NC1CCN(C(=O)c2cc(Cl)c(Cl)[nH]2)CC1. The Bertz CT molecular complexity index is 377. The molecule has 0 atom stereocenters. The van der Waals surface area contributed by atoms with E-state index in [9.17, 15) is 4.79 Å². The highest BCUT2D eigenvalue weighted by Gasteiger charge is 2.23. The number of likely N-dealkylation sites (tertiary alicyclic amines) is 1. The first-order chi connectivity index (χ1) is 7.58. The van der Waals surface area contributed by atoms with Gasteiger partial charge in [-0.3, -0.25) is 4.79 Å². The van der Waals surface area contributed by atoms with Gasteiger partial charge in [-0.2, -0.15) is 0 Å². The van der Waals surface area contributed by atoms with Crippen LogP contribution in [0.3, 0.4) is 0 Å².